The summed E-state index contributed by atoms with van der Waals surface area (Å²) in [6, 6.07) is 5.05. The van der Waals surface area contributed by atoms with Crippen LogP contribution in [0.1, 0.15) is 58.8 Å². The fraction of sp³-hybridized carbons (Fsp3) is 0.484. The second kappa shape index (κ2) is 13.3. The van der Waals surface area contributed by atoms with E-state index in [0.29, 0.717) is 41.8 Å². The third kappa shape index (κ3) is 6.55. The number of benzene rings is 1. The molecule has 1 fully saturated rings. The Hall–Kier alpha value is -4.01. The molecule has 0 bridgehead atoms. The first-order chi connectivity index (χ1) is 20.2. The first-order valence-corrected chi connectivity index (χ1v) is 14.3. The van der Waals surface area contributed by atoms with Crippen LogP contribution < -0.4 is 4.74 Å². The zero-order chi connectivity index (χ0) is 30.4. The molecule has 0 radical (unpaired) electrons. The Morgan fingerprint density at radius 3 is 2.45 bits per heavy atom. The van der Waals surface area contributed by atoms with Crippen LogP contribution in [0.15, 0.2) is 30.6 Å². The number of H-pyrrole nitrogens is 1. The molecular weight excluding hydrogens is 535 g/mol. The topological polar surface area (TPSA) is 110 Å². The van der Waals surface area contributed by atoms with Crippen LogP contribution in [0.25, 0.3) is 34.2 Å². The maximum Gasteiger partial charge on any atom is 0.178 e. The van der Waals surface area contributed by atoms with E-state index >= 15 is 0 Å². The Morgan fingerprint density at radius 1 is 1.07 bits per heavy atom. The van der Waals surface area contributed by atoms with Crippen molar-refractivity contribution in [2.75, 3.05) is 26.3 Å². The highest BCUT2D eigenvalue weighted by molar-refractivity contribution is 5.75. The summed E-state index contributed by atoms with van der Waals surface area (Å²) >= 11 is 0. The smallest absolute Gasteiger partial charge is 0.178 e. The van der Waals surface area contributed by atoms with Crippen molar-refractivity contribution in [3.05, 3.63) is 42.2 Å². The molecule has 4 aromatic rings. The summed E-state index contributed by atoms with van der Waals surface area (Å²) in [4.78, 5) is 11.8. The first-order valence-electron chi connectivity index (χ1n) is 14.3. The number of halogens is 1. The summed E-state index contributed by atoms with van der Waals surface area (Å²) in [5.41, 5.74) is 2.48. The highest BCUT2D eigenvalue weighted by Crippen LogP contribution is 2.38. The van der Waals surface area contributed by atoms with Crippen molar-refractivity contribution in [1.29, 1.82) is 0 Å². The van der Waals surface area contributed by atoms with Gasteiger partial charge >= 0.3 is 0 Å². The van der Waals surface area contributed by atoms with E-state index in [0.717, 1.165) is 30.2 Å². The molecule has 2 aliphatic heterocycles. The number of terminal acetylenes is 1. The minimum atomic E-state index is -0.372. The number of aliphatic hydroxyl groups excluding tert-OH is 1. The van der Waals surface area contributed by atoms with Gasteiger partial charge < -0.3 is 14.4 Å². The molecule has 0 atom stereocenters. The van der Waals surface area contributed by atoms with Gasteiger partial charge in [-0.3, -0.25) is 10.00 Å². The number of piperidine rings is 1. The zero-order valence-corrected chi connectivity index (χ0v) is 25.1. The van der Waals surface area contributed by atoms with Gasteiger partial charge in [-0.1, -0.05) is 6.42 Å². The fourth-order valence-electron chi connectivity index (χ4n) is 5.19. The average Bonchev–Trinajstić information content (AvgIpc) is 3.74. The van der Waals surface area contributed by atoms with Gasteiger partial charge in [0.1, 0.15) is 35.5 Å². The van der Waals surface area contributed by atoms with Crippen molar-refractivity contribution >= 4 is 0 Å². The van der Waals surface area contributed by atoms with Gasteiger partial charge in [-0.05, 0) is 72.7 Å². The maximum absolute atomic E-state index is 14.7. The molecule has 0 unspecified atom stereocenters. The molecule has 1 aromatic carbocycles. The number of hydrogen-bond donors (Lipinski definition) is 2. The number of nitrogens with zero attached hydrogens (tertiary/aromatic N) is 7. The van der Waals surface area contributed by atoms with E-state index in [1.54, 1.807) is 18.3 Å². The van der Waals surface area contributed by atoms with Crippen LogP contribution in [0.4, 0.5) is 4.39 Å². The molecule has 6 rings (SSSR count). The number of rotatable bonds is 5. The van der Waals surface area contributed by atoms with E-state index < -0.39 is 0 Å². The van der Waals surface area contributed by atoms with E-state index in [9.17, 15) is 4.39 Å². The molecule has 2 N–H and O–H groups in total. The van der Waals surface area contributed by atoms with Gasteiger partial charge in [-0.25, -0.2) is 19.0 Å². The zero-order valence-electron chi connectivity index (χ0n) is 25.1. The SMILES string of the molecule is C#C.CC(C)(CO)N1CCCCC1.Cc1nc(-c2cn3c(n2)-c2cc(-c4ccn[nH]4)c(F)cc2OCC3)n(C(C)C)n1. The number of aromatic amines is 1. The van der Waals surface area contributed by atoms with Crippen LogP contribution in [-0.4, -0.2) is 76.4 Å². The molecule has 0 spiro atoms. The van der Waals surface area contributed by atoms with Crippen molar-refractivity contribution in [2.24, 2.45) is 0 Å². The molecular formula is C31H41FN8O2. The van der Waals surface area contributed by atoms with Crippen molar-refractivity contribution < 1.29 is 14.2 Å². The molecule has 2 aliphatic rings. The van der Waals surface area contributed by atoms with Crippen LogP contribution in [0.3, 0.4) is 0 Å². The Morgan fingerprint density at radius 2 is 1.81 bits per heavy atom. The van der Waals surface area contributed by atoms with Crippen LogP contribution in [-0.2, 0) is 6.54 Å². The fourth-order valence-corrected chi connectivity index (χ4v) is 5.19. The average molecular weight is 577 g/mol. The largest absolute Gasteiger partial charge is 0.491 e. The Kier molecular flexibility index (Phi) is 9.81. The molecule has 10 nitrogen and oxygen atoms in total. The Labute approximate surface area is 247 Å². The van der Waals surface area contributed by atoms with Gasteiger partial charge in [-0.15, -0.1) is 12.8 Å². The molecule has 5 heterocycles. The van der Waals surface area contributed by atoms with E-state index in [1.165, 1.54) is 25.3 Å². The highest BCUT2D eigenvalue weighted by Gasteiger charge is 2.27. The van der Waals surface area contributed by atoms with Gasteiger partial charge in [-0.2, -0.15) is 10.2 Å². The number of hydrogen-bond acceptors (Lipinski definition) is 7. The minimum Gasteiger partial charge on any atom is -0.491 e. The summed E-state index contributed by atoms with van der Waals surface area (Å²) in [5, 5.41) is 20.3. The number of aromatic nitrogens is 7. The third-order valence-electron chi connectivity index (χ3n) is 7.52. The maximum atomic E-state index is 14.7. The summed E-state index contributed by atoms with van der Waals surface area (Å²) in [5.74, 6) is 2.23. The van der Waals surface area contributed by atoms with Crippen molar-refractivity contribution in [3.63, 3.8) is 0 Å². The molecule has 3 aromatic heterocycles. The Balaban J connectivity index is 0.000000263. The number of ether oxygens (including phenoxy) is 1. The highest BCUT2D eigenvalue weighted by atomic mass is 19.1. The van der Waals surface area contributed by atoms with E-state index in [2.05, 4.69) is 65.7 Å². The lowest BCUT2D eigenvalue weighted by Crippen LogP contribution is -2.49. The monoisotopic (exact) mass is 576 g/mol. The van der Waals surface area contributed by atoms with Gasteiger partial charge in [0.2, 0.25) is 0 Å². The van der Waals surface area contributed by atoms with Gasteiger partial charge in [0.15, 0.2) is 5.82 Å². The summed E-state index contributed by atoms with van der Waals surface area (Å²) in [6.45, 7) is 13.8. The second-order valence-corrected chi connectivity index (χ2v) is 11.3. The molecule has 0 aliphatic carbocycles. The normalized spacial score (nSPS) is 14.9. The summed E-state index contributed by atoms with van der Waals surface area (Å²) < 4.78 is 24.4. The number of fused-ring (bicyclic) bond motifs is 3. The van der Waals surface area contributed by atoms with E-state index in [4.69, 9.17) is 14.8 Å². The van der Waals surface area contributed by atoms with Gasteiger partial charge in [0.25, 0.3) is 0 Å². The van der Waals surface area contributed by atoms with Crippen molar-refractivity contribution in [3.8, 4) is 52.8 Å². The molecule has 0 amide bonds. The second-order valence-electron chi connectivity index (χ2n) is 11.3. The Bertz CT molecular complexity index is 1480. The summed E-state index contributed by atoms with van der Waals surface area (Å²) in [7, 11) is 0. The number of likely N-dealkylation sites (tertiary alicyclic amines) is 1. The number of aliphatic hydroxyl groups is 1. The molecule has 42 heavy (non-hydrogen) atoms. The van der Waals surface area contributed by atoms with Crippen LogP contribution in [0.5, 0.6) is 5.75 Å². The van der Waals surface area contributed by atoms with Crippen LogP contribution >= 0.6 is 0 Å². The van der Waals surface area contributed by atoms with Crippen molar-refractivity contribution in [2.45, 2.75) is 72.0 Å². The summed E-state index contributed by atoms with van der Waals surface area (Å²) in [6.07, 6.45) is 15.5. The molecule has 224 valence electrons. The minimum absolute atomic E-state index is 0.000417. The number of aryl methyl sites for hydroxylation is 1. The van der Waals surface area contributed by atoms with Gasteiger partial charge in [0.05, 0.1) is 24.4 Å². The number of nitrogens with one attached hydrogen (secondary N) is 1. The lowest BCUT2D eigenvalue weighted by Gasteiger charge is -2.39. The predicted molar refractivity (Wildman–Crippen MR) is 161 cm³/mol. The lowest BCUT2D eigenvalue weighted by atomic mass is 10.00. The van der Waals surface area contributed by atoms with E-state index in [-0.39, 0.29) is 24.0 Å². The number of imidazole rings is 1. The first kappa shape index (κ1) is 30.9. The van der Waals surface area contributed by atoms with Crippen molar-refractivity contribution in [1.82, 2.24) is 39.4 Å². The third-order valence-corrected chi connectivity index (χ3v) is 7.52. The molecule has 0 saturated carbocycles. The lowest BCUT2D eigenvalue weighted by molar-refractivity contribution is 0.0424. The van der Waals surface area contributed by atoms with Crippen LogP contribution in [0.2, 0.25) is 0 Å². The van der Waals surface area contributed by atoms with Crippen LogP contribution in [0, 0.1) is 25.6 Å². The standard InChI is InChI=1S/C20H20FN7O.C9H19NO.C2H2/c1-11(2)28-20(23-12(3)26-28)17-10-27-6-7-29-18-9-15(21)13(16-4-5-22-25-16)8-14(18)19(27)24-17;1-9(2,8-11)10-6-4-3-5-7-10;1-2/h4-5,8-11H,6-7H2,1-3H3,(H,22,25);11H,3-8H2,1-2H3;1-2H. The predicted octanol–water partition coefficient (Wildman–Crippen LogP) is 5.11. The molecule has 1 saturated heterocycles. The van der Waals surface area contributed by atoms with Gasteiger partial charge in [0, 0.05) is 35.6 Å². The van der Waals surface area contributed by atoms with E-state index in [1.807, 2.05) is 22.4 Å². The quantitative estimate of drug-likeness (QED) is 0.318. The molecule has 11 heteroatoms.